The van der Waals surface area contributed by atoms with Gasteiger partial charge >= 0.3 is 0 Å². The Labute approximate surface area is 118 Å². The lowest BCUT2D eigenvalue weighted by molar-refractivity contribution is 0.0938. The molecule has 0 spiro atoms. The van der Waals surface area contributed by atoms with Gasteiger partial charge in [0.1, 0.15) is 0 Å². The summed E-state index contributed by atoms with van der Waals surface area (Å²) in [5.74, 6) is 2.44. The van der Waals surface area contributed by atoms with Crippen LogP contribution in [-0.2, 0) is 0 Å². The van der Waals surface area contributed by atoms with Crippen molar-refractivity contribution in [1.29, 1.82) is 0 Å². The molecule has 0 aromatic heterocycles. The van der Waals surface area contributed by atoms with Crippen molar-refractivity contribution in [2.24, 2.45) is 11.8 Å². The second kappa shape index (κ2) is 5.71. The van der Waals surface area contributed by atoms with Gasteiger partial charge in [-0.25, -0.2) is 0 Å². The Balaban J connectivity index is 1.59. The molecule has 2 unspecified atom stereocenters. The number of nitrogens with one attached hydrogen (secondary N) is 2. The van der Waals surface area contributed by atoms with Crippen LogP contribution in [0.2, 0.25) is 0 Å². The van der Waals surface area contributed by atoms with Gasteiger partial charge in [0.05, 0.1) is 0 Å². The third-order valence-electron chi connectivity index (χ3n) is 4.15. The molecule has 20 heavy (non-hydrogen) atoms. The summed E-state index contributed by atoms with van der Waals surface area (Å²) >= 11 is 0. The number of rotatable bonds is 3. The van der Waals surface area contributed by atoms with E-state index >= 15 is 0 Å². The fourth-order valence-electron chi connectivity index (χ4n) is 2.69. The van der Waals surface area contributed by atoms with E-state index in [-0.39, 0.29) is 12.7 Å². The van der Waals surface area contributed by atoms with Crippen LogP contribution in [0.25, 0.3) is 0 Å². The SMILES string of the molecule is CC1CCNCC1CNC(=O)c1ccc2c(c1)OCO2. The van der Waals surface area contributed by atoms with Crippen LogP contribution in [-0.4, -0.2) is 32.3 Å². The fraction of sp³-hybridized carbons (Fsp3) is 0.533. The number of carbonyl (C=O) groups excluding carboxylic acids is 1. The van der Waals surface area contributed by atoms with Crippen molar-refractivity contribution in [3.05, 3.63) is 23.8 Å². The Hall–Kier alpha value is -1.75. The van der Waals surface area contributed by atoms with E-state index in [1.54, 1.807) is 18.2 Å². The molecular weight excluding hydrogens is 256 g/mol. The highest BCUT2D eigenvalue weighted by Gasteiger charge is 2.22. The molecule has 1 aromatic carbocycles. The van der Waals surface area contributed by atoms with Gasteiger partial charge in [-0.3, -0.25) is 4.79 Å². The molecule has 2 heterocycles. The normalized spacial score (nSPS) is 24.4. The first-order valence-electron chi connectivity index (χ1n) is 7.12. The molecular formula is C15H20N2O3. The Bertz CT molecular complexity index is 504. The van der Waals surface area contributed by atoms with E-state index in [0.29, 0.717) is 35.4 Å². The Kier molecular flexibility index (Phi) is 3.78. The number of carbonyl (C=O) groups is 1. The highest BCUT2D eigenvalue weighted by molar-refractivity contribution is 5.94. The predicted octanol–water partition coefficient (Wildman–Crippen LogP) is 1.39. The molecule has 2 aliphatic heterocycles. The summed E-state index contributed by atoms with van der Waals surface area (Å²) in [5.41, 5.74) is 0.616. The summed E-state index contributed by atoms with van der Waals surface area (Å²) in [5, 5.41) is 6.39. The predicted molar refractivity (Wildman–Crippen MR) is 75.0 cm³/mol. The number of ether oxygens (including phenoxy) is 2. The van der Waals surface area contributed by atoms with Crippen LogP contribution in [0.1, 0.15) is 23.7 Å². The van der Waals surface area contributed by atoms with Crippen LogP contribution in [0.5, 0.6) is 11.5 Å². The largest absolute Gasteiger partial charge is 0.454 e. The zero-order chi connectivity index (χ0) is 13.9. The molecule has 0 radical (unpaired) electrons. The highest BCUT2D eigenvalue weighted by atomic mass is 16.7. The molecule has 1 fully saturated rings. The summed E-state index contributed by atoms with van der Waals surface area (Å²) in [6.45, 7) is 5.24. The zero-order valence-corrected chi connectivity index (χ0v) is 11.6. The van der Waals surface area contributed by atoms with E-state index in [4.69, 9.17) is 9.47 Å². The van der Waals surface area contributed by atoms with Gasteiger partial charge in [-0.1, -0.05) is 6.92 Å². The number of benzene rings is 1. The zero-order valence-electron chi connectivity index (χ0n) is 11.6. The molecule has 108 valence electrons. The standard InChI is InChI=1S/C15H20N2O3/c1-10-4-5-16-7-12(10)8-17-15(18)11-2-3-13-14(6-11)20-9-19-13/h2-3,6,10,12,16H,4-5,7-9H2,1H3,(H,17,18). The Morgan fingerprint density at radius 1 is 1.40 bits per heavy atom. The van der Waals surface area contributed by atoms with E-state index in [2.05, 4.69) is 17.6 Å². The number of fused-ring (bicyclic) bond motifs is 1. The van der Waals surface area contributed by atoms with E-state index in [1.165, 1.54) is 6.42 Å². The summed E-state index contributed by atoms with van der Waals surface area (Å²) in [6, 6.07) is 5.29. The lowest BCUT2D eigenvalue weighted by Crippen LogP contribution is -2.42. The Morgan fingerprint density at radius 2 is 2.25 bits per heavy atom. The van der Waals surface area contributed by atoms with Crippen molar-refractivity contribution in [3.8, 4) is 11.5 Å². The monoisotopic (exact) mass is 276 g/mol. The molecule has 5 nitrogen and oxygen atoms in total. The van der Waals surface area contributed by atoms with Crippen molar-refractivity contribution in [3.63, 3.8) is 0 Å². The van der Waals surface area contributed by atoms with Gasteiger partial charge in [0.2, 0.25) is 6.79 Å². The first kappa shape index (κ1) is 13.2. The van der Waals surface area contributed by atoms with Crippen LogP contribution in [0, 0.1) is 11.8 Å². The van der Waals surface area contributed by atoms with E-state index in [0.717, 1.165) is 13.1 Å². The summed E-state index contributed by atoms with van der Waals surface area (Å²) in [6.07, 6.45) is 1.17. The van der Waals surface area contributed by atoms with Crippen LogP contribution in [0.4, 0.5) is 0 Å². The maximum absolute atomic E-state index is 12.2. The van der Waals surface area contributed by atoms with Crippen LogP contribution in [0.15, 0.2) is 18.2 Å². The van der Waals surface area contributed by atoms with Crippen molar-refractivity contribution >= 4 is 5.91 Å². The average Bonchev–Trinajstić information content (AvgIpc) is 2.93. The van der Waals surface area contributed by atoms with Crippen LogP contribution < -0.4 is 20.1 Å². The maximum atomic E-state index is 12.2. The molecule has 0 bridgehead atoms. The molecule has 5 heteroatoms. The molecule has 1 amide bonds. The van der Waals surface area contributed by atoms with Gasteiger partial charge in [-0.15, -0.1) is 0 Å². The number of amides is 1. The third kappa shape index (κ3) is 2.72. The lowest BCUT2D eigenvalue weighted by Gasteiger charge is -2.29. The van der Waals surface area contributed by atoms with Crippen molar-refractivity contribution in [2.75, 3.05) is 26.4 Å². The molecule has 2 atom stereocenters. The first-order valence-corrected chi connectivity index (χ1v) is 7.12. The summed E-state index contributed by atoms with van der Waals surface area (Å²) in [4.78, 5) is 12.2. The smallest absolute Gasteiger partial charge is 0.251 e. The van der Waals surface area contributed by atoms with Gasteiger partial charge < -0.3 is 20.1 Å². The minimum Gasteiger partial charge on any atom is -0.454 e. The van der Waals surface area contributed by atoms with Crippen molar-refractivity contribution in [2.45, 2.75) is 13.3 Å². The molecule has 1 saturated heterocycles. The third-order valence-corrected chi connectivity index (χ3v) is 4.15. The summed E-state index contributed by atoms with van der Waals surface area (Å²) in [7, 11) is 0. The average molecular weight is 276 g/mol. The van der Waals surface area contributed by atoms with Gasteiger partial charge in [-0.2, -0.15) is 0 Å². The van der Waals surface area contributed by atoms with E-state index in [9.17, 15) is 4.79 Å². The van der Waals surface area contributed by atoms with Crippen LogP contribution >= 0.6 is 0 Å². The minimum absolute atomic E-state index is 0.0546. The molecule has 3 rings (SSSR count). The van der Waals surface area contributed by atoms with Gasteiger partial charge in [0.25, 0.3) is 5.91 Å². The van der Waals surface area contributed by atoms with E-state index in [1.807, 2.05) is 0 Å². The topological polar surface area (TPSA) is 59.6 Å². The Morgan fingerprint density at radius 3 is 3.10 bits per heavy atom. The highest BCUT2D eigenvalue weighted by Crippen LogP contribution is 2.32. The van der Waals surface area contributed by atoms with Gasteiger partial charge in [0, 0.05) is 12.1 Å². The van der Waals surface area contributed by atoms with Crippen LogP contribution in [0.3, 0.4) is 0 Å². The quantitative estimate of drug-likeness (QED) is 0.876. The maximum Gasteiger partial charge on any atom is 0.251 e. The fourth-order valence-corrected chi connectivity index (χ4v) is 2.69. The van der Waals surface area contributed by atoms with Gasteiger partial charge in [-0.05, 0) is 49.5 Å². The number of piperidine rings is 1. The van der Waals surface area contributed by atoms with Crippen molar-refractivity contribution < 1.29 is 14.3 Å². The molecule has 0 aliphatic carbocycles. The lowest BCUT2D eigenvalue weighted by atomic mass is 9.88. The summed E-state index contributed by atoms with van der Waals surface area (Å²) < 4.78 is 10.5. The van der Waals surface area contributed by atoms with Crippen molar-refractivity contribution in [1.82, 2.24) is 10.6 Å². The molecule has 0 saturated carbocycles. The second-order valence-corrected chi connectivity index (χ2v) is 5.51. The minimum atomic E-state index is -0.0546. The van der Waals surface area contributed by atoms with E-state index < -0.39 is 0 Å². The molecule has 2 aliphatic rings. The second-order valence-electron chi connectivity index (χ2n) is 5.51. The number of hydrogen-bond acceptors (Lipinski definition) is 4. The molecule has 1 aromatic rings. The first-order chi connectivity index (χ1) is 9.74. The number of hydrogen-bond donors (Lipinski definition) is 2. The van der Waals surface area contributed by atoms with Gasteiger partial charge in [0.15, 0.2) is 11.5 Å². The molecule has 2 N–H and O–H groups in total.